The molecule has 30 heavy (non-hydrogen) atoms. The number of carbonyl (C=O) groups is 2. The van der Waals surface area contributed by atoms with Crippen LogP contribution in [0.3, 0.4) is 0 Å². The number of thioether (sulfide) groups is 1. The van der Waals surface area contributed by atoms with Crippen LogP contribution in [0.1, 0.15) is 18.9 Å². The maximum absolute atomic E-state index is 12.8. The molecule has 1 aliphatic rings. The lowest BCUT2D eigenvalue weighted by Crippen LogP contribution is -2.33. The van der Waals surface area contributed by atoms with Gasteiger partial charge in [0.1, 0.15) is 5.25 Å². The fourth-order valence-electron chi connectivity index (χ4n) is 2.89. The molecule has 2 amide bonds. The minimum absolute atomic E-state index is 0.0190. The topological polar surface area (TPSA) is 61.8 Å². The number of rotatable bonds is 7. The van der Waals surface area contributed by atoms with Crippen molar-refractivity contribution in [2.24, 2.45) is 4.99 Å². The molecule has 0 saturated carbocycles. The first-order chi connectivity index (χ1) is 14.4. The van der Waals surface area contributed by atoms with Gasteiger partial charge in [-0.05, 0) is 42.3 Å². The molecular formula is C22H21Cl2N3O2S. The molecule has 0 aromatic heterocycles. The van der Waals surface area contributed by atoms with Gasteiger partial charge < -0.3 is 5.32 Å². The Kier molecular flexibility index (Phi) is 7.58. The first-order valence-electron chi connectivity index (χ1n) is 9.42. The Balaban J connectivity index is 1.72. The zero-order chi connectivity index (χ0) is 21.7. The molecule has 1 atom stereocenters. The quantitative estimate of drug-likeness (QED) is 0.537. The van der Waals surface area contributed by atoms with Gasteiger partial charge in [-0.3, -0.25) is 14.5 Å². The van der Waals surface area contributed by atoms with Crippen molar-refractivity contribution in [1.82, 2.24) is 4.90 Å². The highest BCUT2D eigenvalue weighted by Crippen LogP contribution is 2.32. The molecule has 3 rings (SSSR count). The number of nitrogens with one attached hydrogen (secondary N) is 1. The summed E-state index contributed by atoms with van der Waals surface area (Å²) >= 11 is 13.2. The third kappa shape index (κ3) is 5.45. The Morgan fingerprint density at radius 1 is 1.23 bits per heavy atom. The maximum atomic E-state index is 12.8. The highest BCUT2D eigenvalue weighted by molar-refractivity contribution is 8.15. The fraction of sp³-hybridized carbons (Fsp3) is 0.227. The number of nitrogens with zero attached hydrogens (tertiary/aromatic N) is 2. The van der Waals surface area contributed by atoms with Gasteiger partial charge in [-0.15, -0.1) is 6.58 Å². The van der Waals surface area contributed by atoms with E-state index in [1.807, 2.05) is 24.3 Å². The largest absolute Gasteiger partial charge is 0.326 e. The molecule has 1 fully saturated rings. The Bertz CT molecular complexity index is 992. The van der Waals surface area contributed by atoms with Gasteiger partial charge in [0.05, 0.1) is 15.7 Å². The average molecular weight is 462 g/mol. The number of anilines is 1. The molecule has 2 aromatic carbocycles. The molecule has 156 valence electrons. The van der Waals surface area contributed by atoms with Crippen molar-refractivity contribution >= 4 is 63.3 Å². The third-order valence-electron chi connectivity index (χ3n) is 4.48. The summed E-state index contributed by atoms with van der Waals surface area (Å²) < 4.78 is 0. The maximum Gasteiger partial charge on any atom is 0.242 e. The SMILES string of the molecule is C=CCN1C(=O)[C@@H](CC(=O)Nc2ccc(Cl)c(Cl)c2)SC1=Nc1ccc(CC)cc1. The van der Waals surface area contributed by atoms with Gasteiger partial charge in [0, 0.05) is 18.7 Å². The number of amidine groups is 1. The van der Waals surface area contributed by atoms with Crippen molar-refractivity contribution in [1.29, 1.82) is 0 Å². The first kappa shape index (κ1) is 22.4. The van der Waals surface area contributed by atoms with Gasteiger partial charge in [-0.2, -0.15) is 0 Å². The summed E-state index contributed by atoms with van der Waals surface area (Å²) in [5.74, 6) is -0.445. The van der Waals surface area contributed by atoms with E-state index in [1.165, 1.54) is 17.3 Å². The van der Waals surface area contributed by atoms with Crippen LogP contribution in [0.15, 0.2) is 60.1 Å². The van der Waals surface area contributed by atoms with Crippen LogP contribution in [-0.4, -0.2) is 33.7 Å². The predicted octanol–water partition coefficient (Wildman–Crippen LogP) is 5.70. The van der Waals surface area contributed by atoms with E-state index in [1.54, 1.807) is 29.2 Å². The lowest BCUT2D eigenvalue weighted by atomic mass is 10.2. The van der Waals surface area contributed by atoms with Crippen LogP contribution in [0.4, 0.5) is 11.4 Å². The van der Waals surface area contributed by atoms with E-state index < -0.39 is 5.25 Å². The van der Waals surface area contributed by atoms with Gasteiger partial charge in [0.15, 0.2) is 5.17 Å². The number of aliphatic imine (C=N–C) groups is 1. The molecule has 1 N–H and O–H groups in total. The standard InChI is InChI=1S/C22H21Cl2N3O2S/c1-3-11-27-21(29)19(13-20(28)25-16-9-10-17(23)18(24)12-16)30-22(27)26-15-7-5-14(4-2)6-8-15/h3,5-10,12,19H,1,4,11,13H2,2H3,(H,25,28)/t19-/m1/s1. The summed E-state index contributed by atoms with van der Waals surface area (Å²) in [6.07, 6.45) is 2.61. The van der Waals surface area contributed by atoms with Crippen LogP contribution in [-0.2, 0) is 16.0 Å². The smallest absolute Gasteiger partial charge is 0.242 e. The molecule has 0 spiro atoms. The number of hydrogen-bond acceptors (Lipinski definition) is 4. The number of halogens is 2. The second-order valence-corrected chi connectivity index (χ2v) is 8.62. The fourth-order valence-corrected chi connectivity index (χ4v) is 4.36. The lowest BCUT2D eigenvalue weighted by molar-refractivity contribution is -0.127. The summed E-state index contributed by atoms with van der Waals surface area (Å²) in [5, 5.41) is 3.52. The molecule has 1 heterocycles. The molecular weight excluding hydrogens is 441 g/mol. The van der Waals surface area contributed by atoms with E-state index in [2.05, 4.69) is 23.8 Å². The Hall–Kier alpha value is -2.28. The van der Waals surface area contributed by atoms with Crippen LogP contribution in [0.5, 0.6) is 0 Å². The number of aryl methyl sites for hydroxylation is 1. The summed E-state index contributed by atoms with van der Waals surface area (Å²) in [4.78, 5) is 31.5. The second-order valence-electron chi connectivity index (χ2n) is 6.64. The van der Waals surface area contributed by atoms with Crippen LogP contribution in [0.2, 0.25) is 10.0 Å². The first-order valence-corrected chi connectivity index (χ1v) is 11.1. The van der Waals surface area contributed by atoms with Gasteiger partial charge in [0.25, 0.3) is 0 Å². The molecule has 0 aliphatic carbocycles. The van der Waals surface area contributed by atoms with E-state index in [4.69, 9.17) is 23.2 Å². The van der Waals surface area contributed by atoms with Crippen molar-refractivity contribution < 1.29 is 9.59 Å². The van der Waals surface area contributed by atoms with Gasteiger partial charge in [0.2, 0.25) is 11.8 Å². The molecule has 0 bridgehead atoms. The molecule has 0 unspecified atom stereocenters. The zero-order valence-electron chi connectivity index (χ0n) is 16.4. The van der Waals surface area contributed by atoms with E-state index in [0.717, 1.165) is 12.1 Å². The van der Waals surface area contributed by atoms with Crippen LogP contribution in [0.25, 0.3) is 0 Å². The number of hydrogen-bond donors (Lipinski definition) is 1. The monoisotopic (exact) mass is 461 g/mol. The summed E-state index contributed by atoms with van der Waals surface area (Å²) in [7, 11) is 0. The zero-order valence-corrected chi connectivity index (χ0v) is 18.7. The minimum Gasteiger partial charge on any atom is -0.326 e. The summed E-state index contributed by atoms with van der Waals surface area (Å²) in [5.41, 5.74) is 2.50. The number of carbonyl (C=O) groups excluding carboxylic acids is 2. The molecule has 0 radical (unpaired) electrons. The molecule has 5 nitrogen and oxygen atoms in total. The Labute approximate surface area is 190 Å². The van der Waals surface area contributed by atoms with Crippen LogP contribution >= 0.6 is 35.0 Å². The third-order valence-corrected chi connectivity index (χ3v) is 6.39. The van der Waals surface area contributed by atoms with E-state index in [0.29, 0.717) is 27.4 Å². The molecule has 8 heteroatoms. The van der Waals surface area contributed by atoms with E-state index in [9.17, 15) is 9.59 Å². The second kappa shape index (κ2) is 10.2. The molecule has 2 aromatic rings. The summed E-state index contributed by atoms with van der Waals surface area (Å²) in [6, 6.07) is 12.7. The lowest BCUT2D eigenvalue weighted by Gasteiger charge is -2.14. The van der Waals surface area contributed by atoms with Crippen molar-refractivity contribution in [3.63, 3.8) is 0 Å². The van der Waals surface area contributed by atoms with E-state index >= 15 is 0 Å². The summed E-state index contributed by atoms with van der Waals surface area (Å²) in [6.45, 7) is 6.14. The minimum atomic E-state index is -0.554. The number of amides is 2. The van der Waals surface area contributed by atoms with Crippen molar-refractivity contribution in [3.8, 4) is 0 Å². The van der Waals surface area contributed by atoms with Crippen LogP contribution in [0, 0.1) is 0 Å². The van der Waals surface area contributed by atoms with Crippen molar-refractivity contribution in [2.45, 2.75) is 25.0 Å². The number of benzene rings is 2. The Morgan fingerprint density at radius 3 is 2.60 bits per heavy atom. The van der Waals surface area contributed by atoms with Gasteiger partial charge >= 0.3 is 0 Å². The van der Waals surface area contributed by atoms with Gasteiger partial charge in [-0.25, -0.2) is 4.99 Å². The van der Waals surface area contributed by atoms with Crippen molar-refractivity contribution in [2.75, 3.05) is 11.9 Å². The normalized spacial score (nSPS) is 17.4. The molecule has 1 saturated heterocycles. The highest BCUT2D eigenvalue weighted by Gasteiger charge is 2.38. The van der Waals surface area contributed by atoms with Gasteiger partial charge in [-0.1, -0.05) is 60.1 Å². The van der Waals surface area contributed by atoms with E-state index in [-0.39, 0.29) is 18.2 Å². The molecule has 1 aliphatic heterocycles. The Morgan fingerprint density at radius 2 is 1.97 bits per heavy atom. The predicted molar refractivity (Wildman–Crippen MR) is 126 cm³/mol. The highest BCUT2D eigenvalue weighted by atomic mass is 35.5. The van der Waals surface area contributed by atoms with Crippen molar-refractivity contribution in [3.05, 3.63) is 70.7 Å². The van der Waals surface area contributed by atoms with Crippen LogP contribution < -0.4 is 5.32 Å². The average Bonchev–Trinajstić information content (AvgIpc) is 3.00.